The molecule has 9 nitrogen and oxygen atoms in total. The Bertz CT molecular complexity index is 1040. The molecule has 2 heterocycles. The maximum absolute atomic E-state index is 11.2. The Labute approximate surface area is 150 Å². The van der Waals surface area contributed by atoms with E-state index in [1.54, 1.807) is 12.1 Å². The molecule has 132 valence electrons. The largest absolute Gasteiger partial charge is 0.456 e. The number of furan rings is 1. The molecule has 10 heteroatoms. The Morgan fingerprint density at radius 3 is 2.58 bits per heavy atom. The van der Waals surface area contributed by atoms with Crippen molar-refractivity contribution < 1.29 is 18.8 Å². The molecular weight excluding hydrogens is 366 g/mol. The summed E-state index contributed by atoms with van der Waals surface area (Å²) < 4.78 is 10.5. The van der Waals surface area contributed by atoms with Crippen LogP contribution in [0.5, 0.6) is 0 Å². The highest BCUT2D eigenvalue weighted by Gasteiger charge is 2.22. The summed E-state index contributed by atoms with van der Waals surface area (Å²) in [5.74, 6) is 0.562. The molecule has 3 aromatic rings. The highest BCUT2D eigenvalue weighted by molar-refractivity contribution is 6.30. The van der Waals surface area contributed by atoms with E-state index in [0.717, 1.165) is 0 Å². The molecule has 0 unspecified atom stereocenters. The van der Waals surface area contributed by atoms with E-state index >= 15 is 0 Å². The number of aryl methyl sites for hydroxylation is 1. The molecule has 0 aliphatic carbocycles. The lowest BCUT2D eigenvalue weighted by Crippen LogP contribution is -1.91. The minimum absolute atomic E-state index is 0.0251. The first-order valence-electron chi connectivity index (χ1n) is 7.19. The van der Waals surface area contributed by atoms with E-state index in [9.17, 15) is 20.2 Å². The van der Waals surface area contributed by atoms with Crippen LogP contribution in [0.25, 0.3) is 23.5 Å². The number of nitro groups is 2. The summed E-state index contributed by atoms with van der Waals surface area (Å²) in [6.45, 7) is 1.46. The second-order valence-electron chi connectivity index (χ2n) is 5.19. The van der Waals surface area contributed by atoms with Crippen LogP contribution in [0.4, 0.5) is 11.4 Å². The Kier molecular flexibility index (Phi) is 4.55. The molecule has 0 aliphatic rings. The maximum Gasteiger partial charge on any atom is 0.338 e. The molecule has 0 spiro atoms. The zero-order chi connectivity index (χ0) is 18.8. The normalized spacial score (nSPS) is 11.2. The molecule has 0 saturated heterocycles. The molecule has 0 saturated carbocycles. The Hall–Kier alpha value is -3.46. The van der Waals surface area contributed by atoms with E-state index in [-0.39, 0.29) is 39.2 Å². The molecule has 3 rings (SSSR count). The lowest BCUT2D eigenvalue weighted by molar-refractivity contribution is -0.386. The van der Waals surface area contributed by atoms with E-state index in [1.165, 1.54) is 37.3 Å². The van der Waals surface area contributed by atoms with Gasteiger partial charge in [-0.1, -0.05) is 16.8 Å². The standard InChI is InChI=1S/C16H10ClN3O6/c1-9-16(20(23)24)15(26-18-9)7-4-11-3-6-14(25-11)12-5-2-10(17)8-13(12)19(21)22/h2-8H,1H3/b7-4-. The van der Waals surface area contributed by atoms with Gasteiger partial charge in [-0.2, -0.15) is 0 Å². The fraction of sp³-hybridized carbons (Fsp3) is 0.0625. The van der Waals surface area contributed by atoms with Gasteiger partial charge in [-0.25, -0.2) is 0 Å². The third-order valence-corrected chi connectivity index (χ3v) is 3.72. The van der Waals surface area contributed by atoms with Crippen LogP contribution < -0.4 is 0 Å². The predicted molar refractivity (Wildman–Crippen MR) is 92.6 cm³/mol. The first-order valence-corrected chi connectivity index (χ1v) is 7.57. The molecule has 1 aromatic carbocycles. The van der Waals surface area contributed by atoms with Gasteiger partial charge in [-0.3, -0.25) is 20.2 Å². The van der Waals surface area contributed by atoms with E-state index < -0.39 is 9.85 Å². The average molecular weight is 376 g/mol. The van der Waals surface area contributed by atoms with Gasteiger partial charge >= 0.3 is 5.69 Å². The number of hydrogen-bond donors (Lipinski definition) is 0. The molecule has 0 amide bonds. The third-order valence-electron chi connectivity index (χ3n) is 3.49. The van der Waals surface area contributed by atoms with Gasteiger partial charge in [-0.15, -0.1) is 0 Å². The summed E-state index contributed by atoms with van der Waals surface area (Å²) in [4.78, 5) is 21.0. The number of rotatable bonds is 5. The van der Waals surface area contributed by atoms with Gasteiger partial charge in [-0.05, 0) is 43.3 Å². The summed E-state index contributed by atoms with van der Waals surface area (Å²) >= 11 is 5.80. The van der Waals surface area contributed by atoms with Crippen molar-refractivity contribution in [1.82, 2.24) is 5.16 Å². The maximum atomic E-state index is 11.2. The van der Waals surface area contributed by atoms with Crippen LogP contribution in [-0.4, -0.2) is 15.0 Å². The van der Waals surface area contributed by atoms with E-state index in [0.29, 0.717) is 5.76 Å². The van der Waals surface area contributed by atoms with Gasteiger partial charge in [0.1, 0.15) is 11.5 Å². The molecule has 0 N–H and O–H groups in total. The second-order valence-corrected chi connectivity index (χ2v) is 5.63. The van der Waals surface area contributed by atoms with Crippen LogP contribution in [0.1, 0.15) is 17.2 Å². The zero-order valence-electron chi connectivity index (χ0n) is 13.2. The lowest BCUT2D eigenvalue weighted by Gasteiger charge is -2.00. The van der Waals surface area contributed by atoms with Crippen molar-refractivity contribution in [1.29, 1.82) is 0 Å². The van der Waals surface area contributed by atoms with Gasteiger partial charge < -0.3 is 8.94 Å². The zero-order valence-corrected chi connectivity index (χ0v) is 14.0. The van der Waals surface area contributed by atoms with Crippen LogP contribution in [0.3, 0.4) is 0 Å². The van der Waals surface area contributed by atoms with Gasteiger partial charge in [0.25, 0.3) is 5.69 Å². The van der Waals surface area contributed by atoms with Crippen molar-refractivity contribution >= 4 is 35.1 Å². The van der Waals surface area contributed by atoms with E-state index in [1.807, 2.05) is 0 Å². The van der Waals surface area contributed by atoms with Crippen molar-refractivity contribution in [3.8, 4) is 11.3 Å². The molecule has 0 aliphatic heterocycles. The Morgan fingerprint density at radius 1 is 1.12 bits per heavy atom. The molecule has 2 aromatic heterocycles. The van der Waals surface area contributed by atoms with Crippen LogP contribution in [-0.2, 0) is 0 Å². The molecular formula is C16H10ClN3O6. The Morgan fingerprint density at radius 2 is 1.88 bits per heavy atom. The highest BCUT2D eigenvalue weighted by atomic mass is 35.5. The average Bonchev–Trinajstić information content (AvgIpc) is 3.19. The van der Waals surface area contributed by atoms with Gasteiger partial charge in [0.15, 0.2) is 5.69 Å². The summed E-state index contributed by atoms with van der Waals surface area (Å²) in [5.41, 5.74) is -0.00245. The molecule has 0 atom stereocenters. The van der Waals surface area contributed by atoms with Gasteiger partial charge in [0.2, 0.25) is 5.76 Å². The minimum Gasteiger partial charge on any atom is -0.456 e. The summed E-state index contributed by atoms with van der Waals surface area (Å²) in [6, 6.07) is 7.35. The Balaban J connectivity index is 1.92. The van der Waals surface area contributed by atoms with Crippen LogP contribution in [0.2, 0.25) is 5.02 Å². The molecule has 0 bridgehead atoms. The molecule has 26 heavy (non-hydrogen) atoms. The number of nitro benzene ring substituents is 1. The van der Waals surface area contributed by atoms with Crippen LogP contribution in [0, 0.1) is 27.2 Å². The van der Waals surface area contributed by atoms with Crippen LogP contribution >= 0.6 is 11.6 Å². The quantitative estimate of drug-likeness (QED) is 0.459. The second kappa shape index (κ2) is 6.81. The number of halogens is 1. The fourth-order valence-corrected chi connectivity index (χ4v) is 2.49. The van der Waals surface area contributed by atoms with Crippen LogP contribution in [0.15, 0.2) is 39.3 Å². The number of nitrogens with zero attached hydrogens (tertiary/aromatic N) is 3. The number of benzene rings is 1. The van der Waals surface area contributed by atoms with Crippen molar-refractivity contribution in [2.45, 2.75) is 6.92 Å². The fourth-order valence-electron chi connectivity index (χ4n) is 2.32. The summed E-state index contributed by atoms with van der Waals surface area (Å²) in [5, 5.41) is 26.0. The molecule has 0 fully saturated rings. The summed E-state index contributed by atoms with van der Waals surface area (Å²) in [7, 11) is 0. The lowest BCUT2D eigenvalue weighted by atomic mass is 10.1. The first kappa shape index (κ1) is 17.4. The van der Waals surface area contributed by atoms with Gasteiger partial charge in [0, 0.05) is 11.1 Å². The van der Waals surface area contributed by atoms with E-state index in [4.69, 9.17) is 20.5 Å². The third kappa shape index (κ3) is 3.33. The predicted octanol–water partition coefficient (Wildman–Crippen LogP) is 4.88. The van der Waals surface area contributed by atoms with E-state index in [2.05, 4.69) is 5.16 Å². The monoisotopic (exact) mass is 375 g/mol. The SMILES string of the molecule is Cc1noc(/C=C\c2ccc(-c3ccc(Cl)cc3[N+](=O)[O-])o2)c1[N+](=O)[O-]. The number of aromatic nitrogens is 1. The first-order chi connectivity index (χ1) is 12.4. The van der Waals surface area contributed by atoms with Crippen molar-refractivity contribution in [2.75, 3.05) is 0 Å². The minimum atomic E-state index is -0.587. The van der Waals surface area contributed by atoms with Crippen molar-refractivity contribution in [3.05, 3.63) is 72.8 Å². The summed E-state index contributed by atoms with van der Waals surface area (Å²) in [6.07, 6.45) is 2.79. The highest BCUT2D eigenvalue weighted by Crippen LogP contribution is 2.34. The number of hydrogen-bond acceptors (Lipinski definition) is 7. The van der Waals surface area contributed by atoms with Crippen molar-refractivity contribution in [3.63, 3.8) is 0 Å². The van der Waals surface area contributed by atoms with Crippen molar-refractivity contribution in [2.24, 2.45) is 0 Å². The van der Waals surface area contributed by atoms with Gasteiger partial charge in [0.05, 0.1) is 15.4 Å². The molecule has 0 radical (unpaired) electrons. The topological polar surface area (TPSA) is 125 Å². The smallest absolute Gasteiger partial charge is 0.338 e.